The van der Waals surface area contributed by atoms with Gasteiger partial charge in [-0.05, 0) is 48.8 Å². The average Bonchev–Trinajstić information content (AvgIpc) is 2.91. The van der Waals surface area contributed by atoms with E-state index in [1.165, 1.54) is 36.8 Å². The number of ether oxygens (including phenoxy) is 1. The third-order valence-electron chi connectivity index (χ3n) is 4.32. The molecule has 2 rings (SSSR count). The first-order valence-electron chi connectivity index (χ1n) is 7.57. The molecule has 1 fully saturated rings. The van der Waals surface area contributed by atoms with Crippen LogP contribution in [0.15, 0.2) is 18.2 Å². The predicted molar refractivity (Wildman–Crippen MR) is 80.7 cm³/mol. The van der Waals surface area contributed by atoms with Gasteiger partial charge >= 0.3 is 0 Å². The lowest BCUT2D eigenvalue weighted by molar-refractivity contribution is 0.246. The molecule has 2 nitrogen and oxygen atoms in total. The molecule has 2 heteroatoms. The van der Waals surface area contributed by atoms with Gasteiger partial charge in [0, 0.05) is 6.04 Å². The van der Waals surface area contributed by atoms with E-state index >= 15 is 0 Å². The SMILES string of the molecule is Cc1ccc(C(C)C)cc1OCC(N)C1CCCC1. The van der Waals surface area contributed by atoms with Gasteiger partial charge in [0.15, 0.2) is 0 Å². The number of hydrogen-bond acceptors (Lipinski definition) is 2. The molecule has 0 saturated heterocycles. The lowest BCUT2D eigenvalue weighted by atomic mass is 9.99. The van der Waals surface area contributed by atoms with Crippen molar-refractivity contribution in [2.75, 3.05) is 6.61 Å². The van der Waals surface area contributed by atoms with Gasteiger partial charge in [-0.3, -0.25) is 0 Å². The van der Waals surface area contributed by atoms with Crippen LogP contribution in [0.2, 0.25) is 0 Å². The monoisotopic (exact) mass is 261 g/mol. The van der Waals surface area contributed by atoms with Crippen LogP contribution in [0.1, 0.15) is 56.6 Å². The number of benzene rings is 1. The Hall–Kier alpha value is -1.02. The fourth-order valence-electron chi connectivity index (χ4n) is 2.84. The van der Waals surface area contributed by atoms with Gasteiger partial charge in [-0.2, -0.15) is 0 Å². The molecule has 0 radical (unpaired) electrons. The van der Waals surface area contributed by atoms with Gasteiger partial charge in [0.25, 0.3) is 0 Å². The second kappa shape index (κ2) is 6.42. The normalized spacial score (nSPS) is 17.9. The van der Waals surface area contributed by atoms with Crippen LogP contribution >= 0.6 is 0 Å². The fourth-order valence-corrected chi connectivity index (χ4v) is 2.84. The zero-order valence-electron chi connectivity index (χ0n) is 12.5. The summed E-state index contributed by atoms with van der Waals surface area (Å²) in [6.45, 7) is 7.16. The Morgan fingerprint density at radius 1 is 1.26 bits per heavy atom. The van der Waals surface area contributed by atoms with Crippen molar-refractivity contribution in [2.45, 2.75) is 58.4 Å². The van der Waals surface area contributed by atoms with E-state index in [9.17, 15) is 0 Å². The van der Waals surface area contributed by atoms with E-state index in [4.69, 9.17) is 10.5 Å². The summed E-state index contributed by atoms with van der Waals surface area (Å²) in [7, 11) is 0. The van der Waals surface area contributed by atoms with Crippen molar-refractivity contribution in [2.24, 2.45) is 11.7 Å². The van der Waals surface area contributed by atoms with Crippen molar-refractivity contribution in [3.63, 3.8) is 0 Å². The highest BCUT2D eigenvalue weighted by atomic mass is 16.5. The van der Waals surface area contributed by atoms with E-state index in [0.29, 0.717) is 18.4 Å². The van der Waals surface area contributed by atoms with Crippen molar-refractivity contribution in [1.29, 1.82) is 0 Å². The number of rotatable bonds is 5. The Morgan fingerprint density at radius 2 is 1.95 bits per heavy atom. The minimum Gasteiger partial charge on any atom is -0.492 e. The van der Waals surface area contributed by atoms with E-state index < -0.39 is 0 Å². The molecule has 1 aromatic rings. The summed E-state index contributed by atoms with van der Waals surface area (Å²) >= 11 is 0. The maximum Gasteiger partial charge on any atom is 0.122 e. The Kier molecular flexibility index (Phi) is 4.87. The fraction of sp³-hybridized carbons (Fsp3) is 0.647. The topological polar surface area (TPSA) is 35.2 Å². The summed E-state index contributed by atoms with van der Waals surface area (Å²) < 4.78 is 5.98. The van der Waals surface area contributed by atoms with E-state index in [0.717, 1.165) is 5.75 Å². The van der Waals surface area contributed by atoms with Crippen molar-refractivity contribution < 1.29 is 4.74 Å². The van der Waals surface area contributed by atoms with Crippen LogP contribution in [-0.2, 0) is 0 Å². The molecule has 0 spiro atoms. The highest BCUT2D eigenvalue weighted by Gasteiger charge is 2.22. The number of aryl methyl sites for hydroxylation is 1. The quantitative estimate of drug-likeness (QED) is 0.869. The molecular weight excluding hydrogens is 234 g/mol. The van der Waals surface area contributed by atoms with Crippen molar-refractivity contribution >= 4 is 0 Å². The van der Waals surface area contributed by atoms with Crippen LogP contribution in [0.4, 0.5) is 0 Å². The molecule has 0 aromatic heterocycles. The van der Waals surface area contributed by atoms with Crippen LogP contribution in [0.5, 0.6) is 5.75 Å². The van der Waals surface area contributed by atoms with E-state index in [1.807, 2.05) is 0 Å². The molecule has 2 N–H and O–H groups in total. The van der Waals surface area contributed by atoms with Crippen molar-refractivity contribution in [1.82, 2.24) is 0 Å². The standard InChI is InChI=1S/C17H27NO/c1-12(2)15-9-8-13(3)17(10-15)19-11-16(18)14-6-4-5-7-14/h8-10,12,14,16H,4-7,11,18H2,1-3H3. The Balaban J connectivity index is 1.96. The summed E-state index contributed by atoms with van der Waals surface area (Å²) in [5.74, 6) is 2.19. The van der Waals surface area contributed by atoms with Gasteiger partial charge in [-0.1, -0.05) is 38.8 Å². The van der Waals surface area contributed by atoms with Crippen LogP contribution in [0, 0.1) is 12.8 Å². The van der Waals surface area contributed by atoms with Crippen molar-refractivity contribution in [3.8, 4) is 5.75 Å². The molecule has 1 atom stereocenters. The summed E-state index contributed by atoms with van der Waals surface area (Å²) in [6.07, 6.45) is 5.21. The summed E-state index contributed by atoms with van der Waals surface area (Å²) in [4.78, 5) is 0. The molecule has 19 heavy (non-hydrogen) atoms. The lowest BCUT2D eigenvalue weighted by Crippen LogP contribution is -2.34. The Bertz CT molecular complexity index is 408. The zero-order valence-corrected chi connectivity index (χ0v) is 12.5. The first-order chi connectivity index (χ1) is 9.08. The van der Waals surface area contributed by atoms with E-state index in [1.54, 1.807) is 0 Å². The second-order valence-corrected chi connectivity index (χ2v) is 6.20. The Morgan fingerprint density at radius 3 is 2.58 bits per heavy atom. The van der Waals surface area contributed by atoms with E-state index in [2.05, 4.69) is 39.0 Å². The van der Waals surface area contributed by atoms with Gasteiger partial charge in [-0.15, -0.1) is 0 Å². The van der Waals surface area contributed by atoms with Gasteiger partial charge in [-0.25, -0.2) is 0 Å². The minimum absolute atomic E-state index is 0.185. The third kappa shape index (κ3) is 3.73. The highest BCUT2D eigenvalue weighted by molar-refractivity contribution is 5.37. The third-order valence-corrected chi connectivity index (χ3v) is 4.32. The van der Waals surface area contributed by atoms with E-state index in [-0.39, 0.29) is 6.04 Å². The first kappa shape index (κ1) is 14.4. The molecular formula is C17H27NO. The van der Waals surface area contributed by atoms with Crippen LogP contribution in [-0.4, -0.2) is 12.6 Å². The average molecular weight is 261 g/mol. The Labute approximate surface area is 117 Å². The molecule has 106 valence electrons. The molecule has 0 heterocycles. The number of hydrogen-bond donors (Lipinski definition) is 1. The number of nitrogens with two attached hydrogens (primary N) is 1. The highest BCUT2D eigenvalue weighted by Crippen LogP contribution is 2.28. The molecule has 1 aliphatic rings. The second-order valence-electron chi connectivity index (χ2n) is 6.20. The molecule has 1 unspecified atom stereocenters. The maximum absolute atomic E-state index is 6.25. The predicted octanol–water partition coefficient (Wildman–Crippen LogP) is 4.01. The first-order valence-corrected chi connectivity index (χ1v) is 7.57. The largest absolute Gasteiger partial charge is 0.492 e. The molecule has 0 bridgehead atoms. The molecule has 1 saturated carbocycles. The molecule has 1 aliphatic carbocycles. The smallest absolute Gasteiger partial charge is 0.122 e. The molecule has 0 aliphatic heterocycles. The van der Waals surface area contributed by atoms with Crippen LogP contribution in [0.25, 0.3) is 0 Å². The van der Waals surface area contributed by atoms with Gasteiger partial charge in [0.2, 0.25) is 0 Å². The van der Waals surface area contributed by atoms with Gasteiger partial charge in [0.1, 0.15) is 12.4 Å². The lowest BCUT2D eigenvalue weighted by Gasteiger charge is -2.20. The molecule has 1 aromatic carbocycles. The zero-order chi connectivity index (χ0) is 13.8. The maximum atomic E-state index is 6.25. The van der Waals surface area contributed by atoms with Gasteiger partial charge < -0.3 is 10.5 Å². The van der Waals surface area contributed by atoms with Crippen LogP contribution < -0.4 is 10.5 Å². The summed E-state index contributed by atoms with van der Waals surface area (Å²) in [5.41, 5.74) is 8.78. The summed E-state index contributed by atoms with van der Waals surface area (Å²) in [5, 5.41) is 0. The van der Waals surface area contributed by atoms with Crippen LogP contribution in [0.3, 0.4) is 0 Å². The minimum atomic E-state index is 0.185. The molecule has 0 amide bonds. The van der Waals surface area contributed by atoms with Gasteiger partial charge in [0.05, 0.1) is 0 Å². The van der Waals surface area contributed by atoms with Crippen molar-refractivity contribution in [3.05, 3.63) is 29.3 Å². The summed E-state index contributed by atoms with van der Waals surface area (Å²) in [6, 6.07) is 6.68.